The average Bonchev–Trinajstić information content (AvgIpc) is 3.45. The van der Waals surface area contributed by atoms with Crippen molar-refractivity contribution in [3.05, 3.63) is 53.9 Å². The molecule has 3 atom stereocenters. The van der Waals surface area contributed by atoms with Crippen molar-refractivity contribution in [3.8, 4) is 5.75 Å². The Morgan fingerprint density at radius 3 is 2.79 bits per heavy atom. The number of hydrogen-bond donors (Lipinski definition) is 0. The van der Waals surface area contributed by atoms with E-state index in [4.69, 9.17) is 9.73 Å². The molecule has 2 fully saturated rings. The van der Waals surface area contributed by atoms with Crippen LogP contribution in [0.1, 0.15) is 50.0 Å². The number of benzene rings is 1. The van der Waals surface area contributed by atoms with Gasteiger partial charge in [-0.05, 0) is 49.6 Å². The summed E-state index contributed by atoms with van der Waals surface area (Å²) in [5, 5.41) is 1.72. The van der Waals surface area contributed by atoms with Gasteiger partial charge in [-0.25, -0.2) is 0 Å². The molecule has 6 heteroatoms. The number of rotatable bonds is 5. The summed E-state index contributed by atoms with van der Waals surface area (Å²) in [6, 6.07) is 13.1. The van der Waals surface area contributed by atoms with Gasteiger partial charge in [0.05, 0.1) is 24.0 Å². The summed E-state index contributed by atoms with van der Waals surface area (Å²) in [6.07, 6.45) is 4.39. The van der Waals surface area contributed by atoms with Crippen molar-refractivity contribution in [1.29, 1.82) is 0 Å². The molecule has 0 amide bonds. The number of ether oxygens (including phenoxy) is 1. The number of thioether (sulfide) groups is 1. The zero-order chi connectivity index (χ0) is 19.8. The van der Waals surface area contributed by atoms with Crippen LogP contribution in [0, 0.1) is 0 Å². The minimum Gasteiger partial charge on any atom is -0.492 e. The van der Waals surface area contributed by atoms with Crippen molar-refractivity contribution < 1.29 is 4.74 Å². The fourth-order valence-electron chi connectivity index (χ4n) is 4.68. The first kappa shape index (κ1) is 18.8. The first-order chi connectivity index (χ1) is 14.2. The molecule has 4 heterocycles. The monoisotopic (exact) mass is 408 g/mol. The summed E-state index contributed by atoms with van der Waals surface area (Å²) >= 11 is 1.88. The number of nitrogens with zero attached hydrogens (tertiary/aromatic N) is 4. The van der Waals surface area contributed by atoms with E-state index in [0.29, 0.717) is 11.9 Å². The SMILES string of the molecule is CCOc1cc([C@H]2[C@@H](c3ccccn3)N=C3S[C@@H](C)CN32)ccc1N1CCCC1. The highest BCUT2D eigenvalue weighted by Crippen LogP contribution is 2.48. The molecule has 3 aliphatic heterocycles. The van der Waals surface area contributed by atoms with Gasteiger partial charge in [-0.2, -0.15) is 0 Å². The van der Waals surface area contributed by atoms with Crippen molar-refractivity contribution in [3.63, 3.8) is 0 Å². The van der Waals surface area contributed by atoms with Gasteiger partial charge in [-0.15, -0.1) is 0 Å². The second kappa shape index (κ2) is 7.90. The fraction of sp³-hybridized carbons (Fsp3) is 0.478. The van der Waals surface area contributed by atoms with E-state index in [1.165, 1.54) is 24.1 Å². The third kappa shape index (κ3) is 3.48. The molecule has 0 aliphatic carbocycles. The number of fused-ring (bicyclic) bond motifs is 1. The van der Waals surface area contributed by atoms with Crippen molar-refractivity contribution in [1.82, 2.24) is 9.88 Å². The molecular weight excluding hydrogens is 380 g/mol. The summed E-state index contributed by atoms with van der Waals surface area (Å²) in [5.41, 5.74) is 3.53. The predicted molar refractivity (Wildman–Crippen MR) is 120 cm³/mol. The lowest BCUT2D eigenvalue weighted by atomic mass is 9.95. The van der Waals surface area contributed by atoms with E-state index in [1.807, 2.05) is 24.0 Å². The number of amidine groups is 1. The molecule has 1 aromatic carbocycles. The Balaban J connectivity index is 1.54. The maximum Gasteiger partial charge on any atom is 0.160 e. The molecule has 2 aromatic rings. The lowest BCUT2D eigenvalue weighted by molar-refractivity contribution is 0.316. The quantitative estimate of drug-likeness (QED) is 0.719. The molecule has 0 N–H and O–H groups in total. The second-order valence-electron chi connectivity index (χ2n) is 7.99. The predicted octanol–water partition coefficient (Wildman–Crippen LogP) is 4.67. The van der Waals surface area contributed by atoms with Gasteiger partial charge >= 0.3 is 0 Å². The molecule has 0 spiro atoms. The van der Waals surface area contributed by atoms with Crippen molar-refractivity contribution >= 4 is 22.6 Å². The molecule has 2 saturated heterocycles. The Kier molecular flexibility index (Phi) is 5.12. The maximum absolute atomic E-state index is 6.10. The van der Waals surface area contributed by atoms with Gasteiger partial charge in [0.15, 0.2) is 5.17 Å². The second-order valence-corrected chi connectivity index (χ2v) is 9.40. The highest BCUT2D eigenvalue weighted by molar-refractivity contribution is 8.14. The maximum atomic E-state index is 6.10. The van der Waals surface area contributed by atoms with Gasteiger partial charge in [-0.1, -0.05) is 30.8 Å². The van der Waals surface area contributed by atoms with Gasteiger partial charge in [0.2, 0.25) is 0 Å². The van der Waals surface area contributed by atoms with E-state index in [9.17, 15) is 0 Å². The first-order valence-electron chi connectivity index (χ1n) is 10.7. The standard InChI is InChI=1S/C23H28N4OS/c1-3-28-20-14-17(9-10-19(20)26-12-6-7-13-26)22-21(18-8-4-5-11-24-18)25-23-27(22)15-16(2)29-23/h4-5,8-11,14,16,21-22H,3,6-7,12-13,15H2,1-2H3/t16-,21+,22-/m0/s1. The van der Waals surface area contributed by atoms with Crippen LogP contribution in [0.25, 0.3) is 0 Å². The zero-order valence-electron chi connectivity index (χ0n) is 17.1. The highest BCUT2D eigenvalue weighted by atomic mass is 32.2. The van der Waals surface area contributed by atoms with Crippen molar-refractivity contribution in [2.45, 2.75) is 44.0 Å². The summed E-state index contributed by atoms with van der Waals surface area (Å²) in [4.78, 5) is 14.7. The van der Waals surface area contributed by atoms with E-state index < -0.39 is 0 Å². The average molecular weight is 409 g/mol. The van der Waals surface area contributed by atoms with Gasteiger partial charge in [0.25, 0.3) is 0 Å². The normalized spacial score (nSPS) is 26.0. The Labute approximate surface area is 177 Å². The van der Waals surface area contributed by atoms with Gasteiger partial charge < -0.3 is 14.5 Å². The van der Waals surface area contributed by atoms with Crippen LogP contribution in [0.2, 0.25) is 0 Å². The van der Waals surface area contributed by atoms with E-state index >= 15 is 0 Å². The fourth-order valence-corrected chi connectivity index (χ4v) is 5.78. The summed E-state index contributed by atoms with van der Waals surface area (Å²) in [7, 11) is 0. The van der Waals surface area contributed by atoms with Crippen LogP contribution >= 0.6 is 11.8 Å². The lowest BCUT2D eigenvalue weighted by Crippen LogP contribution is -2.28. The van der Waals surface area contributed by atoms with Crippen LogP contribution in [-0.4, -0.2) is 46.5 Å². The summed E-state index contributed by atoms with van der Waals surface area (Å²) < 4.78 is 6.10. The number of pyridine rings is 1. The molecule has 0 radical (unpaired) electrons. The molecule has 5 nitrogen and oxygen atoms in total. The van der Waals surface area contributed by atoms with E-state index in [2.05, 4.69) is 59.0 Å². The van der Waals surface area contributed by atoms with Gasteiger partial charge in [0.1, 0.15) is 11.8 Å². The number of aromatic nitrogens is 1. The Morgan fingerprint density at radius 1 is 1.17 bits per heavy atom. The van der Waals surface area contributed by atoms with Crippen LogP contribution < -0.4 is 9.64 Å². The zero-order valence-corrected chi connectivity index (χ0v) is 17.9. The summed E-state index contributed by atoms with van der Waals surface area (Å²) in [5.74, 6) is 1.00. The molecule has 152 valence electrons. The van der Waals surface area contributed by atoms with Crippen LogP contribution in [0.3, 0.4) is 0 Å². The van der Waals surface area contributed by atoms with Crippen LogP contribution in [0.15, 0.2) is 47.6 Å². The lowest BCUT2D eigenvalue weighted by Gasteiger charge is -2.29. The highest BCUT2D eigenvalue weighted by Gasteiger charge is 2.43. The van der Waals surface area contributed by atoms with Gasteiger partial charge in [0, 0.05) is 31.1 Å². The van der Waals surface area contributed by atoms with E-state index in [0.717, 1.165) is 36.2 Å². The topological polar surface area (TPSA) is 41.0 Å². The van der Waals surface area contributed by atoms with E-state index in [1.54, 1.807) is 0 Å². The minimum atomic E-state index is 0.0262. The smallest absolute Gasteiger partial charge is 0.160 e. The molecule has 3 aliphatic rings. The first-order valence-corrected chi connectivity index (χ1v) is 11.6. The number of anilines is 1. The largest absolute Gasteiger partial charge is 0.492 e. The summed E-state index contributed by atoms with van der Waals surface area (Å²) in [6.45, 7) is 8.28. The number of hydrogen-bond acceptors (Lipinski definition) is 6. The third-order valence-electron chi connectivity index (χ3n) is 5.95. The third-order valence-corrected chi connectivity index (χ3v) is 7.06. The van der Waals surface area contributed by atoms with Crippen molar-refractivity contribution in [2.24, 2.45) is 4.99 Å². The van der Waals surface area contributed by atoms with E-state index in [-0.39, 0.29) is 12.1 Å². The molecule has 0 bridgehead atoms. The van der Waals surface area contributed by atoms with Crippen molar-refractivity contribution in [2.75, 3.05) is 31.1 Å². The minimum absolute atomic E-state index is 0.0262. The molecular formula is C23H28N4OS. The number of aliphatic imine (C=N–C) groups is 1. The van der Waals surface area contributed by atoms with Crippen LogP contribution in [-0.2, 0) is 0 Å². The molecule has 0 saturated carbocycles. The molecule has 29 heavy (non-hydrogen) atoms. The Hall–Kier alpha value is -2.21. The van der Waals surface area contributed by atoms with Gasteiger partial charge in [-0.3, -0.25) is 9.98 Å². The molecule has 1 aromatic heterocycles. The van der Waals surface area contributed by atoms with Crippen LogP contribution in [0.5, 0.6) is 5.75 Å². The Morgan fingerprint density at radius 2 is 2.03 bits per heavy atom. The molecule has 0 unspecified atom stereocenters. The Bertz CT molecular complexity index is 897. The van der Waals surface area contributed by atoms with Crippen LogP contribution in [0.4, 0.5) is 5.69 Å². The molecule has 5 rings (SSSR count).